The minimum Gasteiger partial charge on any atom is -0.222 e. The van der Waals surface area contributed by atoms with E-state index in [1.165, 1.54) is 15.9 Å². The normalized spacial score (nSPS) is 11.2. The first kappa shape index (κ1) is 20.3. The molecular formula is C20H18ClO4P. The molecule has 0 saturated heterocycles. The largest absolute Gasteiger partial charge is 0.222 e. The molecule has 0 spiro atoms. The Morgan fingerprint density at radius 3 is 1.00 bits per heavy atom. The molecule has 0 amide bonds. The van der Waals surface area contributed by atoms with Gasteiger partial charge in [-0.3, -0.25) is 0 Å². The summed E-state index contributed by atoms with van der Waals surface area (Å²) in [4.78, 5) is 0. The smallest absolute Gasteiger partial charge is 0.136 e. The highest BCUT2D eigenvalue weighted by atomic mass is 35.7. The molecule has 0 aliphatic carbocycles. The van der Waals surface area contributed by atoms with E-state index in [1.54, 1.807) is 0 Å². The minimum absolute atomic E-state index is 1.34. The second kappa shape index (κ2) is 9.06. The van der Waals surface area contributed by atoms with E-state index in [-0.39, 0.29) is 0 Å². The van der Waals surface area contributed by atoms with Gasteiger partial charge in [-0.2, -0.15) is 0 Å². The number of rotatable bonds is 4. The van der Waals surface area contributed by atoms with Crippen LogP contribution in [0.25, 0.3) is 0 Å². The Morgan fingerprint density at radius 1 is 0.577 bits per heavy atom. The molecule has 26 heavy (non-hydrogen) atoms. The van der Waals surface area contributed by atoms with Crippen molar-refractivity contribution in [2.45, 2.75) is 0 Å². The molecule has 4 nitrogen and oxygen atoms in total. The van der Waals surface area contributed by atoms with Gasteiger partial charge in [-0.25, -0.2) is 18.6 Å². The van der Waals surface area contributed by atoms with Crippen LogP contribution in [-0.2, 0) is 0 Å². The fraction of sp³-hybridized carbons (Fsp3) is 0. The summed E-state index contributed by atoms with van der Waals surface area (Å²) >= 11 is 0. The van der Waals surface area contributed by atoms with E-state index in [0.29, 0.717) is 0 Å². The standard InChI is InChI=1S/C20H18P.ClHO4/c1-2-21(18-12-6-3-7-13-18,19-14-8-4-9-15-19)20-16-10-5-11-17-20;2-1(3,4)5/h2-17H,1H2;(H,2,3,4,5)/q+1;/p-1. The van der Waals surface area contributed by atoms with Gasteiger partial charge >= 0.3 is 0 Å². The molecule has 134 valence electrons. The zero-order valence-electron chi connectivity index (χ0n) is 13.9. The number of benzene rings is 3. The SMILES string of the molecule is C=C[P+](c1ccccc1)(c1ccccc1)c1ccccc1.[O-][Cl+3]([O-])([O-])[O-]. The maximum Gasteiger partial charge on any atom is 0.136 e. The van der Waals surface area contributed by atoms with Crippen LogP contribution in [0.15, 0.2) is 103 Å². The predicted molar refractivity (Wildman–Crippen MR) is 95.3 cm³/mol. The Balaban J connectivity index is 0.000000431. The summed E-state index contributed by atoms with van der Waals surface area (Å²) < 4.78 is 34.0. The number of hydrogen-bond donors (Lipinski definition) is 0. The highest BCUT2D eigenvalue weighted by Gasteiger charge is 2.42. The van der Waals surface area contributed by atoms with Crippen LogP contribution in [0.1, 0.15) is 0 Å². The van der Waals surface area contributed by atoms with Crippen molar-refractivity contribution >= 4 is 23.2 Å². The molecule has 0 aliphatic rings. The lowest BCUT2D eigenvalue weighted by Crippen LogP contribution is -2.68. The summed E-state index contributed by atoms with van der Waals surface area (Å²) in [7, 11) is -6.71. The van der Waals surface area contributed by atoms with Crippen molar-refractivity contribution in [3.05, 3.63) is 103 Å². The van der Waals surface area contributed by atoms with Gasteiger partial charge in [-0.15, -0.1) is 10.2 Å². The Labute approximate surface area is 155 Å². The first-order chi connectivity index (χ1) is 12.4. The van der Waals surface area contributed by atoms with Crippen LogP contribution in [0.3, 0.4) is 0 Å². The lowest BCUT2D eigenvalue weighted by molar-refractivity contribution is -2.00. The van der Waals surface area contributed by atoms with Gasteiger partial charge in [0.2, 0.25) is 0 Å². The van der Waals surface area contributed by atoms with Crippen LogP contribution in [0.5, 0.6) is 0 Å². The predicted octanol–water partition coefficient (Wildman–Crippen LogP) is -0.632. The first-order valence-electron chi connectivity index (χ1n) is 7.69. The van der Waals surface area contributed by atoms with Crippen molar-refractivity contribution in [1.29, 1.82) is 0 Å². The second-order valence-electron chi connectivity index (χ2n) is 5.29. The Kier molecular flexibility index (Phi) is 7.06. The molecule has 3 rings (SSSR count). The average molecular weight is 389 g/mol. The molecule has 0 saturated carbocycles. The maximum atomic E-state index is 8.49. The van der Waals surface area contributed by atoms with E-state index in [4.69, 9.17) is 18.6 Å². The van der Waals surface area contributed by atoms with Crippen LogP contribution >= 0.6 is 7.26 Å². The van der Waals surface area contributed by atoms with Crippen molar-refractivity contribution < 1.29 is 28.9 Å². The fourth-order valence-corrected chi connectivity index (χ4v) is 6.21. The fourth-order valence-electron chi connectivity index (χ4n) is 2.75. The maximum absolute atomic E-state index is 8.49. The van der Waals surface area contributed by atoms with Gasteiger partial charge in [0.15, 0.2) is 0 Å². The molecule has 3 aromatic rings. The van der Waals surface area contributed by atoms with E-state index >= 15 is 0 Å². The molecular weight excluding hydrogens is 371 g/mol. The van der Waals surface area contributed by atoms with E-state index in [2.05, 4.69) is 103 Å². The Bertz CT molecular complexity index is 703. The van der Waals surface area contributed by atoms with Crippen LogP contribution < -0.4 is 34.5 Å². The monoisotopic (exact) mass is 388 g/mol. The molecule has 3 aromatic carbocycles. The van der Waals surface area contributed by atoms with Gasteiger partial charge in [0.25, 0.3) is 0 Å². The third-order valence-corrected chi connectivity index (χ3v) is 7.65. The minimum atomic E-state index is -4.94. The van der Waals surface area contributed by atoms with Gasteiger partial charge in [-0.05, 0) is 36.4 Å². The van der Waals surface area contributed by atoms with Crippen LogP contribution in [-0.4, -0.2) is 0 Å². The molecule has 0 N–H and O–H groups in total. The number of halogens is 1. The third-order valence-electron chi connectivity index (χ3n) is 3.76. The molecule has 0 aromatic heterocycles. The van der Waals surface area contributed by atoms with Gasteiger partial charge in [-0.1, -0.05) is 61.2 Å². The van der Waals surface area contributed by atoms with E-state index in [0.717, 1.165) is 0 Å². The summed E-state index contributed by atoms with van der Waals surface area (Å²) in [6, 6.07) is 32.2. The quantitative estimate of drug-likeness (QED) is 0.556. The second-order valence-corrected chi connectivity index (χ2v) is 9.41. The van der Waals surface area contributed by atoms with Crippen molar-refractivity contribution in [1.82, 2.24) is 0 Å². The molecule has 6 heteroatoms. The number of hydrogen-bond acceptors (Lipinski definition) is 4. The van der Waals surface area contributed by atoms with Gasteiger partial charge in [0.1, 0.15) is 23.2 Å². The summed E-state index contributed by atoms with van der Waals surface area (Å²) in [6.07, 6.45) is 0. The summed E-state index contributed by atoms with van der Waals surface area (Å²) in [5.74, 6) is 2.16. The molecule has 0 radical (unpaired) electrons. The lowest BCUT2D eigenvalue weighted by Gasteiger charge is -2.23. The molecule has 0 unspecified atom stereocenters. The average Bonchev–Trinajstić information content (AvgIpc) is 2.64. The van der Waals surface area contributed by atoms with E-state index in [1.807, 2.05) is 0 Å². The van der Waals surface area contributed by atoms with Crippen molar-refractivity contribution in [2.75, 3.05) is 0 Å². The van der Waals surface area contributed by atoms with Crippen LogP contribution in [0.4, 0.5) is 0 Å². The summed E-state index contributed by atoms with van der Waals surface area (Å²) in [6.45, 7) is 4.21. The molecule has 0 bridgehead atoms. The molecule has 0 atom stereocenters. The topological polar surface area (TPSA) is 92.2 Å². The molecule has 0 aliphatic heterocycles. The highest BCUT2D eigenvalue weighted by Crippen LogP contribution is 2.56. The summed E-state index contributed by atoms with van der Waals surface area (Å²) in [5.41, 5.74) is 0. The summed E-state index contributed by atoms with van der Waals surface area (Å²) in [5, 5.41) is 4.03. The third kappa shape index (κ3) is 5.23. The molecule has 0 fully saturated rings. The van der Waals surface area contributed by atoms with Crippen LogP contribution in [0.2, 0.25) is 0 Å². The zero-order chi connectivity index (χ0) is 19.0. The van der Waals surface area contributed by atoms with E-state index < -0.39 is 17.5 Å². The zero-order valence-corrected chi connectivity index (χ0v) is 15.6. The van der Waals surface area contributed by atoms with Gasteiger partial charge in [0.05, 0.1) is 5.82 Å². The highest BCUT2D eigenvalue weighted by molar-refractivity contribution is 7.98. The van der Waals surface area contributed by atoms with Crippen molar-refractivity contribution in [2.24, 2.45) is 0 Å². The molecule has 0 heterocycles. The van der Waals surface area contributed by atoms with E-state index in [9.17, 15) is 0 Å². The van der Waals surface area contributed by atoms with Gasteiger partial charge in [0, 0.05) is 0 Å². The Morgan fingerprint density at radius 2 is 0.808 bits per heavy atom. The first-order valence-corrected chi connectivity index (χ1v) is 10.8. The van der Waals surface area contributed by atoms with Crippen LogP contribution in [0, 0.1) is 10.2 Å². The van der Waals surface area contributed by atoms with Gasteiger partial charge < -0.3 is 0 Å². The van der Waals surface area contributed by atoms with Crippen molar-refractivity contribution in [3.8, 4) is 0 Å². The lowest BCUT2D eigenvalue weighted by atomic mass is 10.4. The van der Waals surface area contributed by atoms with Crippen molar-refractivity contribution in [3.63, 3.8) is 0 Å². The Hall–Kier alpha value is -2.04.